The Morgan fingerprint density at radius 2 is 1.91 bits per heavy atom. The van der Waals surface area contributed by atoms with Gasteiger partial charge in [0.1, 0.15) is 6.04 Å². The van der Waals surface area contributed by atoms with Crippen LogP contribution in [0.25, 0.3) is 0 Å². The maximum Gasteiger partial charge on any atom is 0.251 e. The van der Waals surface area contributed by atoms with Crippen LogP contribution in [-0.4, -0.2) is 88.0 Å². The molecule has 1 aromatic rings. The molecule has 2 aliphatic rings. The summed E-state index contributed by atoms with van der Waals surface area (Å²) in [4.78, 5) is 27.8. The molecule has 1 aliphatic carbocycles. The van der Waals surface area contributed by atoms with Crippen LogP contribution in [0.3, 0.4) is 0 Å². The van der Waals surface area contributed by atoms with E-state index in [4.69, 9.17) is 4.74 Å². The van der Waals surface area contributed by atoms with Crippen molar-refractivity contribution in [2.24, 2.45) is 5.92 Å². The summed E-state index contributed by atoms with van der Waals surface area (Å²) in [6, 6.07) is 5.83. The van der Waals surface area contributed by atoms with Crippen LogP contribution >= 0.6 is 0 Å². The predicted octanol–water partition coefficient (Wildman–Crippen LogP) is 0.672. The summed E-state index contributed by atoms with van der Waals surface area (Å²) in [5.41, 5.74) is 0.200. The van der Waals surface area contributed by atoms with Gasteiger partial charge >= 0.3 is 0 Å². The molecule has 10 heteroatoms. The normalized spacial score (nSPS) is 18.5. The molecule has 178 valence electrons. The molecule has 0 radical (unpaired) electrons. The molecule has 0 spiro atoms. The third kappa shape index (κ3) is 6.28. The summed E-state index contributed by atoms with van der Waals surface area (Å²) in [6.07, 6.45) is 2.41. The third-order valence-electron chi connectivity index (χ3n) is 5.87. The van der Waals surface area contributed by atoms with Crippen LogP contribution < -0.4 is 10.6 Å². The summed E-state index contributed by atoms with van der Waals surface area (Å²) in [5.74, 6) is -0.844. The highest BCUT2D eigenvalue weighted by molar-refractivity contribution is 7.89. The average Bonchev–Trinajstić information content (AvgIpc) is 3.63. The van der Waals surface area contributed by atoms with Crippen molar-refractivity contribution >= 4 is 21.8 Å². The maximum atomic E-state index is 12.9. The Labute approximate surface area is 190 Å². The summed E-state index contributed by atoms with van der Waals surface area (Å²) in [7, 11) is -1.67. The van der Waals surface area contributed by atoms with Crippen LogP contribution in [0, 0.1) is 5.92 Å². The van der Waals surface area contributed by atoms with E-state index in [1.807, 2.05) is 20.9 Å². The van der Waals surface area contributed by atoms with Gasteiger partial charge in [0, 0.05) is 37.8 Å². The van der Waals surface area contributed by atoms with Crippen molar-refractivity contribution in [1.82, 2.24) is 19.8 Å². The van der Waals surface area contributed by atoms with E-state index in [1.165, 1.54) is 29.3 Å². The molecule has 1 saturated heterocycles. The van der Waals surface area contributed by atoms with Gasteiger partial charge in [-0.05, 0) is 44.0 Å². The topological polar surface area (TPSA) is 108 Å². The number of hydrogen-bond acceptors (Lipinski definition) is 6. The fraction of sp³-hybridized carbons (Fsp3) is 0.636. The Bertz CT molecular complexity index is 911. The first-order valence-electron chi connectivity index (χ1n) is 11.2. The molecule has 0 bridgehead atoms. The highest BCUT2D eigenvalue weighted by Crippen LogP contribution is 2.24. The number of amides is 2. The first-order chi connectivity index (χ1) is 15.2. The molecule has 2 fully saturated rings. The molecule has 1 aliphatic heterocycles. The lowest BCUT2D eigenvalue weighted by atomic mass is 10.0. The number of benzene rings is 1. The molecule has 1 aromatic carbocycles. The van der Waals surface area contributed by atoms with E-state index >= 15 is 0 Å². The second kappa shape index (κ2) is 10.7. The molecule has 2 N–H and O–H groups in total. The Hall–Kier alpha value is -2.01. The monoisotopic (exact) mass is 466 g/mol. The van der Waals surface area contributed by atoms with Gasteiger partial charge in [0.25, 0.3) is 5.91 Å². The Kier molecular flexibility index (Phi) is 8.26. The summed E-state index contributed by atoms with van der Waals surface area (Å²) >= 11 is 0. The molecule has 1 saturated carbocycles. The molecule has 9 nitrogen and oxygen atoms in total. The van der Waals surface area contributed by atoms with Gasteiger partial charge in [-0.1, -0.05) is 19.9 Å². The Morgan fingerprint density at radius 1 is 1.22 bits per heavy atom. The zero-order chi connectivity index (χ0) is 23.3. The first kappa shape index (κ1) is 24.6. The predicted molar refractivity (Wildman–Crippen MR) is 121 cm³/mol. The second-order valence-electron chi connectivity index (χ2n) is 8.74. The van der Waals surface area contributed by atoms with E-state index in [2.05, 4.69) is 15.5 Å². The number of carbonyl (C=O) groups is 2. The van der Waals surface area contributed by atoms with Crippen molar-refractivity contribution in [1.29, 1.82) is 0 Å². The van der Waals surface area contributed by atoms with Crippen LogP contribution in [0.15, 0.2) is 29.2 Å². The Balaban J connectivity index is 1.63. The summed E-state index contributed by atoms with van der Waals surface area (Å²) in [5, 5.41) is 5.67. The SMILES string of the molecule is CC(C)C(NC(=O)c1cccc(S(=O)(=O)N2CCOCC2)c1)C(=O)NCCN(C)C1CC1. The fourth-order valence-corrected chi connectivity index (χ4v) is 5.11. The third-order valence-corrected chi connectivity index (χ3v) is 7.77. The number of likely N-dealkylation sites (N-methyl/N-ethyl adjacent to an activating group) is 1. The molecule has 1 unspecified atom stereocenters. The minimum Gasteiger partial charge on any atom is -0.379 e. The minimum atomic E-state index is -3.71. The van der Waals surface area contributed by atoms with Crippen molar-refractivity contribution in [2.45, 2.75) is 43.7 Å². The van der Waals surface area contributed by atoms with E-state index in [1.54, 1.807) is 12.1 Å². The van der Waals surface area contributed by atoms with Crippen LogP contribution in [0.5, 0.6) is 0 Å². The van der Waals surface area contributed by atoms with Crippen LogP contribution in [0.4, 0.5) is 0 Å². The van der Waals surface area contributed by atoms with E-state index < -0.39 is 22.0 Å². The molecule has 0 aromatic heterocycles. The van der Waals surface area contributed by atoms with Gasteiger partial charge in [-0.2, -0.15) is 4.31 Å². The van der Waals surface area contributed by atoms with Crippen molar-refractivity contribution < 1.29 is 22.7 Å². The zero-order valence-electron chi connectivity index (χ0n) is 19.0. The second-order valence-corrected chi connectivity index (χ2v) is 10.7. The number of rotatable bonds is 10. The maximum absolute atomic E-state index is 12.9. The largest absolute Gasteiger partial charge is 0.379 e. The molecule has 1 heterocycles. The molecular weight excluding hydrogens is 432 g/mol. The molecule has 3 rings (SSSR count). The summed E-state index contributed by atoms with van der Waals surface area (Å²) < 4.78 is 32.4. The minimum absolute atomic E-state index is 0.0562. The smallest absolute Gasteiger partial charge is 0.251 e. The van der Waals surface area contributed by atoms with Crippen LogP contribution in [0.1, 0.15) is 37.0 Å². The van der Waals surface area contributed by atoms with Crippen LogP contribution in [0.2, 0.25) is 0 Å². The quantitative estimate of drug-likeness (QED) is 0.525. The number of hydrogen-bond donors (Lipinski definition) is 2. The van der Waals surface area contributed by atoms with Crippen molar-refractivity contribution in [2.75, 3.05) is 46.4 Å². The van der Waals surface area contributed by atoms with Crippen LogP contribution in [-0.2, 0) is 19.6 Å². The molecule has 2 amide bonds. The number of carbonyl (C=O) groups excluding carboxylic acids is 2. The molecular formula is C22H34N4O5S. The molecule has 32 heavy (non-hydrogen) atoms. The number of nitrogens with zero attached hydrogens (tertiary/aromatic N) is 2. The van der Waals surface area contributed by atoms with E-state index in [-0.39, 0.29) is 35.4 Å². The number of sulfonamides is 1. The summed E-state index contributed by atoms with van der Waals surface area (Å²) in [6.45, 7) is 6.26. The lowest BCUT2D eigenvalue weighted by molar-refractivity contribution is -0.124. The lowest BCUT2D eigenvalue weighted by Gasteiger charge is -2.26. The van der Waals surface area contributed by atoms with Gasteiger partial charge in [0.05, 0.1) is 18.1 Å². The average molecular weight is 467 g/mol. The highest BCUT2D eigenvalue weighted by Gasteiger charge is 2.29. The zero-order valence-corrected chi connectivity index (χ0v) is 19.9. The van der Waals surface area contributed by atoms with Gasteiger partial charge in [-0.3, -0.25) is 9.59 Å². The number of nitrogens with one attached hydrogen (secondary N) is 2. The first-order valence-corrected chi connectivity index (χ1v) is 12.6. The van der Waals surface area contributed by atoms with E-state index in [0.29, 0.717) is 25.8 Å². The van der Waals surface area contributed by atoms with Gasteiger partial charge in [-0.15, -0.1) is 0 Å². The van der Waals surface area contributed by atoms with Crippen molar-refractivity contribution in [3.05, 3.63) is 29.8 Å². The van der Waals surface area contributed by atoms with Gasteiger partial charge in [-0.25, -0.2) is 8.42 Å². The lowest BCUT2D eigenvalue weighted by Crippen LogP contribution is -2.50. The van der Waals surface area contributed by atoms with Crippen molar-refractivity contribution in [3.63, 3.8) is 0 Å². The van der Waals surface area contributed by atoms with Crippen molar-refractivity contribution in [3.8, 4) is 0 Å². The van der Waals surface area contributed by atoms with Gasteiger partial charge < -0.3 is 20.3 Å². The molecule has 1 atom stereocenters. The van der Waals surface area contributed by atoms with E-state index in [0.717, 1.165) is 6.54 Å². The van der Waals surface area contributed by atoms with E-state index in [9.17, 15) is 18.0 Å². The van der Waals surface area contributed by atoms with Gasteiger partial charge in [0.15, 0.2) is 0 Å². The van der Waals surface area contributed by atoms with Gasteiger partial charge in [0.2, 0.25) is 15.9 Å². The number of morpholine rings is 1. The highest BCUT2D eigenvalue weighted by atomic mass is 32.2. The Morgan fingerprint density at radius 3 is 2.53 bits per heavy atom. The standard InChI is InChI=1S/C22H34N4O5S/c1-16(2)20(22(28)23-9-10-25(3)18-7-8-18)24-21(27)17-5-4-6-19(15-17)32(29,30)26-11-13-31-14-12-26/h4-6,15-16,18,20H,7-14H2,1-3H3,(H,23,28)(H,24,27). The number of ether oxygens (including phenoxy) is 1. The fourth-order valence-electron chi connectivity index (χ4n) is 3.66.